The van der Waals surface area contributed by atoms with E-state index in [0.717, 1.165) is 30.4 Å². The van der Waals surface area contributed by atoms with Gasteiger partial charge in [0.2, 0.25) is 0 Å². The molecular formula is C21H28O3. The molecule has 24 heavy (non-hydrogen) atoms. The van der Waals surface area contributed by atoms with E-state index in [1.807, 2.05) is 13.8 Å². The van der Waals surface area contributed by atoms with E-state index >= 15 is 0 Å². The lowest BCUT2D eigenvalue weighted by atomic mass is 9.63. The number of hydrogen-bond donors (Lipinski definition) is 0. The first-order chi connectivity index (χ1) is 11.3. The van der Waals surface area contributed by atoms with Crippen molar-refractivity contribution >= 4 is 11.6 Å². The van der Waals surface area contributed by atoms with Crippen molar-refractivity contribution < 1.29 is 14.3 Å². The molecule has 0 amide bonds. The Balaban J connectivity index is 2.19. The van der Waals surface area contributed by atoms with Crippen LogP contribution in [0.3, 0.4) is 0 Å². The predicted molar refractivity (Wildman–Crippen MR) is 94.4 cm³/mol. The van der Waals surface area contributed by atoms with Crippen LogP contribution in [0.25, 0.3) is 0 Å². The van der Waals surface area contributed by atoms with Gasteiger partial charge in [0.05, 0.1) is 6.10 Å². The van der Waals surface area contributed by atoms with Gasteiger partial charge in [-0.1, -0.05) is 38.2 Å². The Labute approximate surface area is 144 Å². The highest BCUT2D eigenvalue weighted by Crippen LogP contribution is 2.53. The molecule has 6 unspecified atom stereocenters. The smallest absolute Gasteiger partial charge is 0.165 e. The summed E-state index contributed by atoms with van der Waals surface area (Å²) >= 11 is 0. The number of carbonyl (C=O) groups is 2. The molecule has 0 aromatic heterocycles. The first-order valence-corrected chi connectivity index (χ1v) is 8.97. The average molecular weight is 328 g/mol. The van der Waals surface area contributed by atoms with Crippen LogP contribution in [0.15, 0.2) is 35.5 Å². The summed E-state index contributed by atoms with van der Waals surface area (Å²) < 4.78 is 5.58. The Bertz CT molecular complexity index is 654. The monoisotopic (exact) mass is 328 g/mol. The standard InChI is InChI=1S/C21H28O3/c1-10(2)14-8-7-11(3)16-15(14)9-12(4)19(22)18-17(16)20(23)13(5)21(18)24-6/h12-16,21H,1,3,7-9H2,2,4-6H3. The fourth-order valence-electron chi connectivity index (χ4n) is 5.19. The zero-order valence-electron chi connectivity index (χ0n) is 15.2. The first-order valence-electron chi connectivity index (χ1n) is 8.97. The fourth-order valence-corrected chi connectivity index (χ4v) is 5.19. The third kappa shape index (κ3) is 2.36. The molecule has 0 radical (unpaired) electrons. The molecule has 0 aliphatic heterocycles. The molecule has 0 heterocycles. The van der Waals surface area contributed by atoms with Crippen LogP contribution >= 0.6 is 0 Å². The summed E-state index contributed by atoms with van der Waals surface area (Å²) in [6.07, 6.45) is 2.32. The quantitative estimate of drug-likeness (QED) is 0.722. The number of methoxy groups -OCH3 is 1. The van der Waals surface area contributed by atoms with Gasteiger partial charge in [0.15, 0.2) is 11.6 Å². The molecule has 0 N–H and O–H groups in total. The van der Waals surface area contributed by atoms with Crippen molar-refractivity contribution in [2.75, 3.05) is 7.11 Å². The van der Waals surface area contributed by atoms with E-state index in [0.29, 0.717) is 17.1 Å². The summed E-state index contributed by atoms with van der Waals surface area (Å²) in [6, 6.07) is 0. The molecule has 0 bridgehead atoms. The second-order valence-electron chi connectivity index (χ2n) is 7.93. The van der Waals surface area contributed by atoms with Crippen LogP contribution in [0.4, 0.5) is 0 Å². The van der Waals surface area contributed by atoms with Gasteiger partial charge in [0.1, 0.15) is 0 Å². The number of Topliss-reactive ketones (excluding diaryl/α,β-unsaturated/α-hetero) is 2. The fraction of sp³-hybridized carbons (Fsp3) is 0.619. The number of allylic oxidation sites excluding steroid dienone is 3. The van der Waals surface area contributed by atoms with Crippen LogP contribution in [-0.2, 0) is 14.3 Å². The van der Waals surface area contributed by atoms with Crippen molar-refractivity contribution in [2.45, 2.75) is 46.1 Å². The molecule has 3 aliphatic rings. The Hall–Kier alpha value is -1.48. The minimum Gasteiger partial charge on any atom is -0.376 e. The largest absolute Gasteiger partial charge is 0.376 e. The van der Waals surface area contributed by atoms with Crippen LogP contribution < -0.4 is 0 Å². The SMILES string of the molecule is C=C(C)C1CCC(=C)C2C3=C(C(=O)C(C)CC12)C(OC)C(C)C3=O. The zero-order valence-corrected chi connectivity index (χ0v) is 15.2. The number of ether oxygens (including phenoxy) is 1. The minimum absolute atomic E-state index is 0.0144. The molecule has 0 aromatic rings. The second kappa shape index (κ2) is 6.11. The van der Waals surface area contributed by atoms with Crippen molar-refractivity contribution in [1.82, 2.24) is 0 Å². The summed E-state index contributed by atoms with van der Waals surface area (Å²) in [5.74, 6) is 0.394. The Morgan fingerprint density at radius 3 is 2.42 bits per heavy atom. The van der Waals surface area contributed by atoms with Gasteiger partial charge >= 0.3 is 0 Å². The Kier molecular flexibility index (Phi) is 4.41. The topological polar surface area (TPSA) is 43.4 Å². The highest BCUT2D eigenvalue weighted by Gasteiger charge is 2.52. The number of fused-ring (bicyclic) bond motifs is 2. The van der Waals surface area contributed by atoms with Gasteiger partial charge in [-0.05, 0) is 38.0 Å². The van der Waals surface area contributed by atoms with Crippen molar-refractivity contribution in [3.63, 3.8) is 0 Å². The second-order valence-corrected chi connectivity index (χ2v) is 7.93. The lowest BCUT2D eigenvalue weighted by Gasteiger charge is -2.40. The molecule has 3 nitrogen and oxygen atoms in total. The number of ketones is 2. The van der Waals surface area contributed by atoms with Crippen LogP contribution in [-0.4, -0.2) is 24.8 Å². The molecule has 0 aromatic carbocycles. The predicted octanol–water partition coefficient (Wildman–Crippen LogP) is 3.90. The van der Waals surface area contributed by atoms with Gasteiger partial charge in [-0.3, -0.25) is 9.59 Å². The lowest BCUT2D eigenvalue weighted by molar-refractivity contribution is -0.122. The molecule has 1 fully saturated rings. The summed E-state index contributed by atoms with van der Waals surface area (Å²) in [4.78, 5) is 26.1. The number of hydrogen-bond acceptors (Lipinski definition) is 3. The Morgan fingerprint density at radius 1 is 1.17 bits per heavy atom. The van der Waals surface area contributed by atoms with Gasteiger partial charge < -0.3 is 4.74 Å². The molecule has 1 saturated carbocycles. The summed E-state index contributed by atoms with van der Waals surface area (Å²) in [5, 5.41) is 0. The van der Waals surface area contributed by atoms with Gasteiger partial charge in [-0.15, -0.1) is 0 Å². The Morgan fingerprint density at radius 2 is 1.83 bits per heavy atom. The maximum atomic E-state index is 13.1. The van der Waals surface area contributed by atoms with E-state index in [2.05, 4.69) is 20.1 Å². The molecule has 3 aliphatic carbocycles. The van der Waals surface area contributed by atoms with Crippen LogP contribution in [0.1, 0.15) is 40.0 Å². The van der Waals surface area contributed by atoms with Gasteiger partial charge in [0.25, 0.3) is 0 Å². The van der Waals surface area contributed by atoms with E-state index in [1.165, 1.54) is 0 Å². The highest BCUT2D eigenvalue weighted by molar-refractivity contribution is 6.13. The molecule has 6 atom stereocenters. The molecule has 3 rings (SSSR count). The van der Waals surface area contributed by atoms with Crippen LogP contribution in [0, 0.1) is 29.6 Å². The number of carbonyl (C=O) groups excluding carboxylic acids is 2. The summed E-state index contributed by atoms with van der Waals surface area (Å²) in [7, 11) is 1.59. The van der Waals surface area contributed by atoms with Crippen molar-refractivity contribution in [2.24, 2.45) is 29.6 Å². The molecular weight excluding hydrogens is 300 g/mol. The normalized spacial score (nSPS) is 39.6. The lowest BCUT2D eigenvalue weighted by Crippen LogP contribution is -2.34. The van der Waals surface area contributed by atoms with Crippen molar-refractivity contribution in [1.29, 1.82) is 0 Å². The maximum Gasteiger partial charge on any atom is 0.165 e. The maximum absolute atomic E-state index is 13.1. The average Bonchev–Trinajstić information content (AvgIpc) is 2.70. The highest BCUT2D eigenvalue weighted by atomic mass is 16.5. The first kappa shape index (κ1) is 17.3. The summed E-state index contributed by atoms with van der Waals surface area (Å²) in [6.45, 7) is 14.4. The van der Waals surface area contributed by atoms with E-state index in [9.17, 15) is 9.59 Å². The molecule has 130 valence electrons. The minimum atomic E-state index is -0.404. The van der Waals surface area contributed by atoms with E-state index < -0.39 is 6.10 Å². The molecule has 0 spiro atoms. The van der Waals surface area contributed by atoms with Gasteiger partial charge in [-0.25, -0.2) is 0 Å². The van der Waals surface area contributed by atoms with E-state index in [-0.39, 0.29) is 35.2 Å². The van der Waals surface area contributed by atoms with Gasteiger partial charge in [-0.2, -0.15) is 0 Å². The zero-order chi connectivity index (χ0) is 17.8. The van der Waals surface area contributed by atoms with Crippen LogP contribution in [0.2, 0.25) is 0 Å². The third-order valence-corrected chi connectivity index (χ3v) is 6.41. The van der Waals surface area contributed by atoms with E-state index in [1.54, 1.807) is 7.11 Å². The molecule has 0 saturated heterocycles. The summed E-state index contributed by atoms with van der Waals surface area (Å²) in [5.41, 5.74) is 3.61. The number of rotatable bonds is 2. The van der Waals surface area contributed by atoms with E-state index in [4.69, 9.17) is 4.74 Å². The van der Waals surface area contributed by atoms with Gasteiger partial charge in [0, 0.05) is 36.0 Å². The molecule has 3 heteroatoms. The van der Waals surface area contributed by atoms with Crippen molar-refractivity contribution in [3.05, 3.63) is 35.5 Å². The third-order valence-electron chi connectivity index (χ3n) is 6.41. The van der Waals surface area contributed by atoms with Crippen molar-refractivity contribution in [3.8, 4) is 0 Å². The van der Waals surface area contributed by atoms with Crippen LogP contribution in [0.5, 0.6) is 0 Å².